The molecule has 1 aromatic carbocycles. The predicted molar refractivity (Wildman–Crippen MR) is 103 cm³/mol. The van der Waals surface area contributed by atoms with Crippen molar-refractivity contribution in [3.05, 3.63) is 52.8 Å². The van der Waals surface area contributed by atoms with Gasteiger partial charge in [0.25, 0.3) is 5.91 Å². The summed E-state index contributed by atoms with van der Waals surface area (Å²) < 4.78 is 6.02. The Morgan fingerprint density at radius 2 is 2.08 bits per heavy atom. The van der Waals surface area contributed by atoms with Crippen molar-refractivity contribution in [2.75, 3.05) is 23.4 Å². The van der Waals surface area contributed by atoms with Crippen LogP contribution in [0.15, 0.2) is 47.2 Å². The van der Waals surface area contributed by atoms with E-state index < -0.39 is 11.5 Å². The standard InChI is InChI=1S/C19H20BrN3O3/c1-19(2)18(25)23(16-7-4-3-6-15(16)22-19)8-5-9-26-17(24)13-10-14(20)12-21-11-13/h3-4,6-7,10-12,22H,5,8-9H2,1-2H3. The zero-order valence-corrected chi connectivity index (χ0v) is 16.2. The molecule has 0 saturated carbocycles. The van der Waals surface area contributed by atoms with Gasteiger partial charge >= 0.3 is 5.97 Å². The fourth-order valence-corrected chi connectivity index (χ4v) is 3.23. The van der Waals surface area contributed by atoms with Crippen molar-refractivity contribution in [2.24, 2.45) is 0 Å². The van der Waals surface area contributed by atoms with Gasteiger partial charge in [-0.15, -0.1) is 0 Å². The monoisotopic (exact) mass is 417 g/mol. The van der Waals surface area contributed by atoms with Gasteiger partial charge in [-0.25, -0.2) is 4.79 Å². The van der Waals surface area contributed by atoms with E-state index in [9.17, 15) is 9.59 Å². The minimum Gasteiger partial charge on any atom is -0.462 e. The molecule has 1 amide bonds. The van der Waals surface area contributed by atoms with Gasteiger partial charge in [-0.2, -0.15) is 0 Å². The Kier molecular flexibility index (Phi) is 5.27. The van der Waals surface area contributed by atoms with Crippen molar-refractivity contribution in [1.82, 2.24) is 4.98 Å². The van der Waals surface area contributed by atoms with E-state index in [-0.39, 0.29) is 12.5 Å². The molecule has 0 bridgehead atoms. The Morgan fingerprint density at radius 3 is 2.85 bits per heavy atom. The summed E-state index contributed by atoms with van der Waals surface area (Å²) in [5, 5.41) is 3.26. The number of benzene rings is 1. The molecule has 1 aliphatic rings. The molecule has 3 rings (SSSR count). The summed E-state index contributed by atoms with van der Waals surface area (Å²) >= 11 is 3.28. The molecule has 2 aromatic rings. The Balaban J connectivity index is 1.61. The molecule has 0 fully saturated rings. The van der Waals surface area contributed by atoms with Crippen molar-refractivity contribution >= 4 is 39.2 Å². The van der Waals surface area contributed by atoms with E-state index in [0.29, 0.717) is 18.5 Å². The molecule has 26 heavy (non-hydrogen) atoms. The number of para-hydroxylation sites is 2. The highest BCUT2D eigenvalue weighted by molar-refractivity contribution is 9.10. The summed E-state index contributed by atoms with van der Waals surface area (Å²) in [5.41, 5.74) is 1.49. The summed E-state index contributed by atoms with van der Waals surface area (Å²) in [6.45, 7) is 4.42. The Morgan fingerprint density at radius 1 is 1.31 bits per heavy atom. The Bertz CT molecular complexity index is 838. The van der Waals surface area contributed by atoms with Crippen LogP contribution in [0.3, 0.4) is 0 Å². The minimum atomic E-state index is -0.674. The van der Waals surface area contributed by atoms with E-state index >= 15 is 0 Å². The van der Waals surface area contributed by atoms with Gasteiger partial charge in [-0.3, -0.25) is 9.78 Å². The number of rotatable bonds is 5. The number of hydrogen-bond donors (Lipinski definition) is 1. The molecule has 0 radical (unpaired) electrons. The van der Waals surface area contributed by atoms with E-state index in [0.717, 1.165) is 15.8 Å². The number of hydrogen-bond acceptors (Lipinski definition) is 5. The third-order valence-corrected chi connectivity index (χ3v) is 4.56. The fraction of sp³-hybridized carbons (Fsp3) is 0.316. The zero-order valence-electron chi connectivity index (χ0n) is 14.7. The number of pyridine rings is 1. The molecule has 0 aliphatic carbocycles. The van der Waals surface area contributed by atoms with Gasteiger partial charge in [0.15, 0.2) is 0 Å². The molecular weight excluding hydrogens is 398 g/mol. The maximum atomic E-state index is 12.7. The second kappa shape index (κ2) is 7.45. The van der Waals surface area contributed by atoms with Crippen LogP contribution in [0.2, 0.25) is 0 Å². The predicted octanol–water partition coefficient (Wildman–Crippen LogP) is 3.63. The highest BCUT2D eigenvalue weighted by atomic mass is 79.9. The van der Waals surface area contributed by atoms with E-state index in [4.69, 9.17) is 4.74 Å². The van der Waals surface area contributed by atoms with Crippen LogP contribution >= 0.6 is 15.9 Å². The van der Waals surface area contributed by atoms with Gasteiger partial charge in [0, 0.05) is 23.4 Å². The van der Waals surface area contributed by atoms with Crippen molar-refractivity contribution in [3.8, 4) is 0 Å². The Hall–Kier alpha value is -2.41. The van der Waals surface area contributed by atoms with E-state index in [2.05, 4.69) is 26.2 Å². The Labute approximate surface area is 160 Å². The number of fused-ring (bicyclic) bond motifs is 1. The van der Waals surface area contributed by atoms with Gasteiger partial charge < -0.3 is 15.0 Å². The first kappa shape index (κ1) is 18.4. The molecule has 136 valence electrons. The van der Waals surface area contributed by atoms with Gasteiger partial charge in [0.05, 0.1) is 23.5 Å². The smallest absolute Gasteiger partial charge is 0.339 e. The molecule has 6 nitrogen and oxygen atoms in total. The normalized spacial score (nSPS) is 15.2. The summed E-state index contributed by atoms with van der Waals surface area (Å²) in [6.07, 6.45) is 3.61. The first-order valence-corrected chi connectivity index (χ1v) is 9.14. The average Bonchev–Trinajstić information content (AvgIpc) is 2.61. The molecular formula is C19H20BrN3O3. The second-order valence-electron chi connectivity index (χ2n) is 6.61. The number of anilines is 2. The number of nitrogens with zero attached hydrogens (tertiary/aromatic N) is 2. The van der Waals surface area contributed by atoms with Gasteiger partial charge in [0.2, 0.25) is 0 Å². The number of aromatic nitrogens is 1. The number of nitrogens with one attached hydrogen (secondary N) is 1. The number of carbonyl (C=O) groups is 2. The fourth-order valence-electron chi connectivity index (χ4n) is 2.87. The maximum absolute atomic E-state index is 12.7. The third kappa shape index (κ3) is 3.88. The number of amides is 1. The summed E-state index contributed by atoms with van der Waals surface area (Å²) in [6, 6.07) is 9.36. The van der Waals surface area contributed by atoms with Crippen LogP contribution < -0.4 is 10.2 Å². The van der Waals surface area contributed by atoms with Crippen molar-refractivity contribution in [1.29, 1.82) is 0 Å². The highest BCUT2D eigenvalue weighted by Crippen LogP contribution is 2.34. The van der Waals surface area contributed by atoms with Gasteiger partial charge in [-0.05, 0) is 54.4 Å². The molecule has 2 heterocycles. The molecule has 0 unspecified atom stereocenters. The summed E-state index contributed by atoms with van der Waals surface area (Å²) in [4.78, 5) is 30.5. The highest BCUT2D eigenvalue weighted by Gasteiger charge is 2.38. The number of halogens is 1. The molecule has 1 aliphatic heterocycles. The van der Waals surface area contributed by atoms with Gasteiger partial charge in [0.1, 0.15) is 5.54 Å². The van der Waals surface area contributed by atoms with E-state index in [1.165, 1.54) is 6.20 Å². The first-order valence-electron chi connectivity index (χ1n) is 8.35. The quantitative estimate of drug-likeness (QED) is 0.593. The van der Waals surface area contributed by atoms with Crippen molar-refractivity contribution < 1.29 is 14.3 Å². The lowest BCUT2D eigenvalue weighted by Crippen LogP contribution is -2.54. The first-order chi connectivity index (χ1) is 12.4. The topological polar surface area (TPSA) is 71.5 Å². The number of carbonyl (C=O) groups excluding carboxylic acids is 2. The van der Waals surface area contributed by atoms with Crippen LogP contribution in [0.5, 0.6) is 0 Å². The van der Waals surface area contributed by atoms with Crippen LogP contribution in [0.25, 0.3) is 0 Å². The van der Waals surface area contributed by atoms with Crippen LogP contribution in [0, 0.1) is 0 Å². The third-order valence-electron chi connectivity index (χ3n) is 4.12. The molecule has 0 atom stereocenters. The molecule has 1 aromatic heterocycles. The number of ether oxygens (including phenoxy) is 1. The van der Waals surface area contributed by atoms with Crippen LogP contribution in [0.1, 0.15) is 30.6 Å². The maximum Gasteiger partial charge on any atom is 0.339 e. The van der Waals surface area contributed by atoms with E-state index in [1.54, 1.807) is 17.2 Å². The SMILES string of the molecule is CC1(C)Nc2ccccc2N(CCCOC(=O)c2cncc(Br)c2)C1=O. The molecule has 0 spiro atoms. The molecule has 7 heteroatoms. The molecule has 0 saturated heterocycles. The lowest BCUT2D eigenvalue weighted by Gasteiger charge is -2.39. The minimum absolute atomic E-state index is 0.00119. The average molecular weight is 418 g/mol. The lowest BCUT2D eigenvalue weighted by molar-refractivity contribution is -0.122. The van der Waals surface area contributed by atoms with Crippen LogP contribution in [-0.2, 0) is 9.53 Å². The largest absolute Gasteiger partial charge is 0.462 e. The lowest BCUT2D eigenvalue weighted by atomic mass is 9.98. The number of esters is 1. The molecule has 1 N–H and O–H groups in total. The summed E-state index contributed by atoms with van der Waals surface area (Å²) in [5.74, 6) is -0.426. The van der Waals surface area contributed by atoms with Crippen LogP contribution in [0.4, 0.5) is 11.4 Å². The van der Waals surface area contributed by atoms with Gasteiger partial charge in [-0.1, -0.05) is 12.1 Å². The summed E-state index contributed by atoms with van der Waals surface area (Å²) in [7, 11) is 0. The van der Waals surface area contributed by atoms with Crippen molar-refractivity contribution in [3.63, 3.8) is 0 Å². The van der Waals surface area contributed by atoms with Crippen LogP contribution in [-0.4, -0.2) is 35.6 Å². The second-order valence-corrected chi connectivity index (χ2v) is 7.52. The van der Waals surface area contributed by atoms with Crippen molar-refractivity contribution in [2.45, 2.75) is 25.8 Å². The van der Waals surface area contributed by atoms with E-state index in [1.807, 2.05) is 38.1 Å². The zero-order chi connectivity index (χ0) is 18.7.